The maximum atomic E-state index is 13.1. The van der Waals surface area contributed by atoms with E-state index < -0.39 is 17.8 Å². The van der Waals surface area contributed by atoms with E-state index in [-0.39, 0.29) is 16.5 Å². The molecule has 2 atom stereocenters. The van der Waals surface area contributed by atoms with E-state index in [1.54, 1.807) is 11.0 Å². The van der Waals surface area contributed by atoms with E-state index >= 15 is 0 Å². The predicted octanol–water partition coefficient (Wildman–Crippen LogP) is 2.55. The summed E-state index contributed by atoms with van der Waals surface area (Å²) in [6.45, 7) is 2.87. The van der Waals surface area contributed by atoms with Gasteiger partial charge in [0, 0.05) is 24.3 Å². The first-order valence-corrected chi connectivity index (χ1v) is 7.05. The van der Waals surface area contributed by atoms with Gasteiger partial charge < -0.3 is 15.7 Å². The Morgan fingerprint density at radius 1 is 1.43 bits per heavy atom. The highest BCUT2D eigenvalue weighted by Crippen LogP contribution is 2.35. The van der Waals surface area contributed by atoms with Gasteiger partial charge in [0.2, 0.25) is 0 Å². The fourth-order valence-electron chi connectivity index (χ4n) is 2.46. The van der Waals surface area contributed by atoms with Crippen molar-refractivity contribution < 1.29 is 18.3 Å². The van der Waals surface area contributed by atoms with Gasteiger partial charge >= 0.3 is 6.18 Å². The van der Waals surface area contributed by atoms with Crippen LogP contribution in [-0.2, 0) is 6.18 Å². The number of anilines is 1. The Labute approximate surface area is 126 Å². The van der Waals surface area contributed by atoms with Crippen molar-refractivity contribution in [3.8, 4) is 0 Å². The largest absolute Gasteiger partial charge is 0.417 e. The van der Waals surface area contributed by atoms with Gasteiger partial charge in [0.1, 0.15) is 4.99 Å². The Morgan fingerprint density at radius 2 is 2.10 bits per heavy atom. The molecule has 1 fully saturated rings. The number of nitrogens with zero attached hydrogens (tertiary/aromatic N) is 1. The van der Waals surface area contributed by atoms with Crippen molar-refractivity contribution in [1.29, 1.82) is 0 Å². The number of rotatable bonds is 2. The third-order valence-electron chi connectivity index (χ3n) is 3.86. The van der Waals surface area contributed by atoms with Gasteiger partial charge in [0.25, 0.3) is 0 Å². The fourth-order valence-corrected chi connectivity index (χ4v) is 2.64. The molecule has 0 aliphatic carbocycles. The first-order chi connectivity index (χ1) is 9.70. The minimum absolute atomic E-state index is 0.152. The van der Waals surface area contributed by atoms with Crippen LogP contribution in [0.25, 0.3) is 0 Å². The van der Waals surface area contributed by atoms with Crippen molar-refractivity contribution in [3.63, 3.8) is 0 Å². The molecule has 0 aromatic heterocycles. The van der Waals surface area contributed by atoms with Crippen LogP contribution in [0.5, 0.6) is 0 Å². The van der Waals surface area contributed by atoms with Gasteiger partial charge in [-0.2, -0.15) is 13.2 Å². The molecule has 2 unspecified atom stereocenters. The third kappa shape index (κ3) is 3.47. The lowest BCUT2D eigenvalue weighted by atomic mass is 9.95. The average Bonchev–Trinajstić information content (AvgIpc) is 2.40. The highest BCUT2D eigenvalue weighted by Gasteiger charge is 2.35. The number of benzene rings is 1. The van der Waals surface area contributed by atoms with Gasteiger partial charge in [-0.25, -0.2) is 0 Å². The number of alkyl halides is 3. The molecule has 0 amide bonds. The highest BCUT2D eigenvalue weighted by atomic mass is 32.1. The lowest BCUT2D eigenvalue weighted by molar-refractivity contribution is -0.137. The summed E-state index contributed by atoms with van der Waals surface area (Å²) in [5.41, 5.74) is 4.78. The van der Waals surface area contributed by atoms with Gasteiger partial charge in [0.15, 0.2) is 0 Å². The van der Waals surface area contributed by atoms with Crippen LogP contribution in [0.1, 0.15) is 24.5 Å². The minimum Gasteiger partial charge on any atom is -0.391 e. The molecule has 1 aromatic carbocycles. The third-order valence-corrected chi connectivity index (χ3v) is 4.08. The molecule has 0 bridgehead atoms. The van der Waals surface area contributed by atoms with Crippen LogP contribution < -0.4 is 10.6 Å². The van der Waals surface area contributed by atoms with E-state index in [4.69, 9.17) is 5.73 Å². The Kier molecular flexibility index (Phi) is 4.43. The number of hydrogen-bond acceptors (Lipinski definition) is 3. The zero-order chi connectivity index (χ0) is 15.8. The number of thiocarbonyl (C=S) groups is 1. The van der Waals surface area contributed by atoms with Crippen molar-refractivity contribution in [2.45, 2.75) is 25.6 Å². The van der Waals surface area contributed by atoms with Crippen molar-refractivity contribution in [1.82, 2.24) is 0 Å². The van der Waals surface area contributed by atoms with Crippen LogP contribution in [0.15, 0.2) is 18.2 Å². The van der Waals surface area contributed by atoms with Crippen LogP contribution in [0.3, 0.4) is 0 Å². The molecular formula is C14H17F3N2OS. The second-order valence-electron chi connectivity index (χ2n) is 5.37. The van der Waals surface area contributed by atoms with Crippen LogP contribution in [0, 0.1) is 5.92 Å². The van der Waals surface area contributed by atoms with E-state index in [9.17, 15) is 18.3 Å². The molecule has 21 heavy (non-hydrogen) atoms. The number of aliphatic hydroxyl groups excluding tert-OH is 1. The Balaban J connectivity index is 2.36. The summed E-state index contributed by atoms with van der Waals surface area (Å²) in [4.78, 5) is 1.48. The Morgan fingerprint density at radius 3 is 2.62 bits per heavy atom. The van der Waals surface area contributed by atoms with E-state index in [1.165, 1.54) is 6.07 Å². The average molecular weight is 318 g/mol. The van der Waals surface area contributed by atoms with Gasteiger partial charge in [-0.1, -0.05) is 19.1 Å². The monoisotopic (exact) mass is 318 g/mol. The topological polar surface area (TPSA) is 49.5 Å². The van der Waals surface area contributed by atoms with Crippen molar-refractivity contribution in [3.05, 3.63) is 29.3 Å². The quantitative estimate of drug-likeness (QED) is 0.823. The number of aliphatic hydroxyl groups is 1. The second kappa shape index (κ2) is 5.81. The standard InChI is InChI=1S/C14H17F3N2OS/c1-8-4-5-19(7-12(8)20)9-2-3-10(13(18)21)11(6-9)14(15,16)17/h2-3,6,8,12,20H,4-5,7H2,1H3,(H2,18,21). The first-order valence-electron chi connectivity index (χ1n) is 6.64. The summed E-state index contributed by atoms with van der Waals surface area (Å²) in [7, 11) is 0. The highest BCUT2D eigenvalue weighted by molar-refractivity contribution is 7.80. The smallest absolute Gasteiger partial charge is 0.391 e. The molecule has 7 heteroatoms. The van der Waals surface area contributed by atoms with Gasteiger partial charge in [-0.15, -0.1) is 0 Å². The number of β-amino-alcohol motifs (C(OH)–C–C–N with tert-alkyl or cyclic N) is 1. The molecule has 1 aromatic rings. The molecule has 2 rings (SSSR count). The first kappa shape index (κ1) is 16.0. The minimum atomic E-state index is -4.52. The summed E-state index contributed by atoms with van der Waals surface area (Å²) in [5, 5.41) is 9.88. The number of hydrogen-bond donors (Lipinski definition) is 2. The van der Waals surface area contributed by atoms with Gasteiger partial charge in [-0.05, 0) is 30.5 Å². The normalized spacial score (nSPS) is 23.2. The maximum Gasteiger partial charge on any atom is 0.417 e. The summed E-state index contributed by atoms with van der Waals surface area (Å²) in [6, 6.07) is 3.91. The summed E-state index contributed by atoms with van der Waals surface area (Å²) < 4.78 is 39.3. The Hall–Kier alpha value is -1.34. The van der Waals surface area contributed by atoms with E-state index in [0.717, 1.165) is 12.5 Å². The molecule has 116 valence electrons. The Bertz CT molecular complexity index is 548. The van der Waals surface area contributed by atoms with Crippen molar-refractivity contribution in [2.75, 3.05) is 18.0 Å². The van der Waals surface area contributed by atoms with E-state index in [1.807, 2.05) is 6.92 Å². The van der Waals surface area contributed by atoms with Crippen LogP contribution in [-0.4, -0.2) is 29.3 Å². The molecule has 0 radical (unpaired) electrons. The predicted molar refractivity (Wildman–Crippen MR) is 79.3 cm³/mol. The molecule has 1 heterocycles. The van der Waals surface area contributed by atoms with Crippen LogP contribution in [0.2, 0.25) is 0 Å². The van der Waals surface area contributed by atoms with Gasteiger partial charge in [0.05, 0.1) is 11.7 Å². The number of nitrogens with two attached hydrogens (primary N) is 1. The van der Waals surface area contributed by atoms with E-state index in [0.29, 0.717) is 18.8 Å². The summed E-state index contributed by atoms with van der Waals surface area (Å²) >= 11 is 4.68. The summed E-state index contributed by atoms with van der Waals surface area (Å²) in [5.74, 6) is 0.152. The van der Waals surface area contributed by atoms with Crippen molar-refractivity contribution >= 4 is 22.9 Å². The van der Waals surface area contributed by atoms with Crippen LogP contribution in [0.4, 0.5) is 18.9 Å². The molecule has 0 spiro atoms. The molecule has 1 aliphatic heterocycles. The second-order valence-corrected chi connectivity index (χ2v) is 5.81. The van der Waals surface area contributed by atoms with Crippen LogP contribution >= 0.6 is 12.2 Å². The number of piperidine rings is 1. The maximum absolute atomic E-state index is 13.1. The zero-order valence-corrected chi connectivity index (χ0v) is 12.3. The van der Waals surface area contributed by atoms with Crippen molar-refractivity contribution in [2.24, 2.45) is 11.7 Å². The number of halogens is 3. The lowest BCUT2D eigenvalue weighted by Crippen LogP contribution is -2.43. The molecule has 3 N–H and O–H groups in total. The molecular weight excluding hydrogens is 301 g/mol. The van der Waals surface area contributed by atoms with Gasteiger partial charge in [-0.3, -0.25) is 0 Å². The van der Waals surface area contributed by atoms with E-state index in [2.05, 4.69) is 12.2 Å². The zero-order valence-electron chi connectivity index (χ0n) is 11.5. The molecule has 3 nitrogen and oxygen atoms in total. The molecule has 0 saturated carbocycles. The molecule has 1 saturated heterocycles. The SMILES string of the molecule is CC1CCN(c2ccc(C(N)=S)c(C(F)(F)F)c2)CC1O. The lowest BCUT2D eigenvalue weighted by Gasteiger charge is -2.36. The molecule has 1 aliphatic rings. The summed E-state index contributed by atoms with van der Waals surface area (Å²) in [6.07, 6.45) is -4.32. The fraction of sp³-hybridized carbons (Fsp3) is 0.500.